The molecule has 0 N–H and O–H groups in total. The molecule has 1 heterocycles. The van der Waals surface area contributed by atoms with Crippen molar-refractivity contribution in [1.29, 1.82) is 0 Å². The Bertz CT molecular complexity index is 457. The van der Waals surface area contributed by atoms with Crippen molar-refractivity contribution in [3.05, 3.63) is 29.7 Å². The Morgan fingerprint density at radius 2 is 2.00 bits per heavy atom. The van der Waals surface area contributed by atoms with E-state index in [2.05, 4.69) is 4.90 Å². The number of ether oxygens (including phenoxy) is 2. The van der Waals surface area contributed by atoms with E-state index in [4.69, 9.17) is 9.47 Å². The molecule has 0 bridgehead atoms. The maximum Gasteiger partial charge on any atom is 0.196 e. The molecule has 0 aromatic heterocycles. The van der Waals surface area contributed by atoms with Crippen LogP contribution >= 0.6 is 0 Å². The second kappa shape index (κ2) is 4.65. The SMILES string of the molecule is COc1cc(C2=CN(C)CC2)cc(F)c1OC. The number of nitrogens with zero attached hydrogens (tertiary/aromatic N) is 1. The molecule has 0 saturated heterocycles. The third-order valence-electron chi connectivity index (χ3n) is 2.91. The molecule has 0 amide bonds. The van der Waals surface area contributed by atoms with Crippen LogP contribution in [0.1, 0.15) is 12.0 Å². The van der Waals surface area contributed by atoms with Crippen LogP contribution in [0.15, 0.2) is 18.3 Å². The first-order valence-corrected chi connectivity index (χ1v) is 5.48. The molecule has 92 valence electrons. The van der Waals surface area contributed by atoms with Gasteiger partial charge in [-0.05, 0) is 29.7 Å². The number of rotatable bonds is 3. The van der Waals surface area contributed by atoms with Crippen molar-refractivity contribution >= 4 is 5.57 Å². The van der Waals surface area contributed by atoms with E-state index in [0.29, 0.717) is 5.75 Å². The van der Waals surface area contributed by atoms with Gasteiger partial charge in [-0.2, -0.15) is 0 Å². The largest absolute Gasteiger partial charge is 0.493 e. The number of benzene rings is 1. The highest BCUT2D eigenvalue weighted by atomic mass is 19.1. The third-order valence-corrected chi connectivity index (χ3v) is 2.91. The fourth-order valence-corrected chi connectivity index (χ4v) is 2.01. The van der Waals surface area contributed by atoms with Gasteiger partial charge >= 0.3 is 0 Å². The monoisotopic (exact) mass is 237 g/mol. The highest BCUT2D eigenvalue weighted by Gasteiger charge is 2.17. The second-order valence-electron chi connectivity index (χ2n) is 4.08. The molecular weight excluding hydrogens is 221 g/mol. The van der Waals surface area contributed by atoms with Crippen molar-refractivity contribution in [3.63, 3.8) is 0 Å². The van der Waals surface area contributed by atoms with Crippen LogP contribution in [-0.4, -0.2) is 32.7 Å². The zero-order valence-corrected chi connectivity index (χ0v) is 10.3. The predicted molar refractivity (Wildman–Crippen MR) is 64.7 cm³/mol. The van der Waals surface area contributed by atoms with E-state index >= 15 is 0 Å². The average molecular weight is 237 g/mol. The lowest BCUT2D eigenvalue weighted by Crippen LogP contribution is -2.04. The highest BCUT2D eigenvalue weighted by Crippen LogP contribution is 2.35. The quantitative estimate of drug-likeness (QED) is 0.806. The van der Waals surface area contributed by atoms with Crippen LogP contribution < -0.4 is 9.47 Å². The third kappa shape index (κ3) is 2.20. The summed E-state index contributed by atoms with van der Waals surface area (Å²) in [7, 11) is 4.95. The molecule has 0 unspecified atom stereocenters. The minimum absolute atomic E-state index is 0.156. The van der Waals surface area contributed by atoms with Gasteiger partial charge in [-0.1, -0.05) is 0 Å². The molecule has 0 aliphatic carbocycles. The van der Waals surface area contributed by atoms with Gasteiger partial charge in [0.25, 0.3) is 0 Å². The molecule has 4 heteroatoms. The molecule has 0 fully saturated rings. The zero-order valence-electron chi connectivity index (χ0n) is 10.3. The summed E-state index contributed by atoms with van der Waals surface area (Å²) in [4.78, 5) is 2.09. The first-order chi connectivity index (χ1) is 8.15. The first kappa shape index (κ1) is 11.8. The van der Waals surface area contributed by atoms with Gasteiger partial charge in [0.05, 0.1) is 14.2 Å². The summed E-state index contributed by atoms with van der Waals surface area (Å²) in [6, 6.07) is 3.30. The standard InChI is InChI=1S/C13H16FNO2/c1-15-5-4-9(8-15)10-6-11(14)13(17-3)12(7-10)16-2/h6-8H,4-5H2,1-3H3. The summed E-state index contributed by atoms with van der Waals surface area (Å²) >= 11 is 0. The van der Waals surface area contributed by atoms with Crippen molar-refractivity contribution in [2.45, 2.75) is 6.42 Å². The van der Waals surface area contributed by atoms with Crippen molar-refractivity contribution in [2.75, 3.05) is 27.8 Å². The number of hydrogen-bond donors (Lipinski definition) is 0. The van der Waals surface area contributed by atoms with Crippen LogP contribution in [0.3, 0.4) is 0 Å². The fourth-order valence-electron chi connectivity index (χ4n) is 2.01. The van der Waals surface area contributed by atoms with E-state index in [1.165, 1.54) is 20.3 Å². The maximum atomic E-state index is 13.8. The number of halogens is 1. The molecular formula is C13H16FNO2. The summed E-state index contributed by atoms with van der Waals surface area (Å²) in [5.74, 6) is 0.193. The number of hydrogen-bond acceptors (Lipinski definition) is 3. The van der Waals surface area contributed by atoms with Crippen LogP contribution in [0.2, 0.25) is 0 Å². The average Bonchev–Trinajstić information content (AvgIpc) is 2.74. The lowest BCUT2D eigenvalue weighted by molar-refractivity contribution is 0.337. The van der Waals surface area contributed by atoms with E-state index in [1.807, 2.05) is 19.3 Å². The van der Waals surface area contributed by atoms with Gasteiger partial charge in [-0.15, -0.1) is 0 Å². The lowest BCUT2D eigenvalue weighted by Gasteiger charge is -2.11. The first-order valence-electron chi connectivity index (χ1n) is 5.48. The molecule has 17 heavy (non-hydrogen) atoms. The van der Waals surface area contributed by atoms with Gasteiger partial charge in [-0.3, -0.25) is 0 Å². The molecule has 0 saturated carbocycles. The minimum atomic E-state index is -0.391. The van der Waals surface area contributed by atoms with Crippen molar-refractivity contribution < 1.29 is 13.9 Å². The molecule has 1 aromatic carbocycles. The normalized spacial score (nSPS) is 14.8. The lowest BCUT2D eigenvalue weighted by atomic mass is 10.0. The molecule has 1 aromatic rings. The second-order valence-corrected chi connectivity index (χ2v) is 4.08. The summed E-state index contributed by atoms with van der Waals surface area (Å²) < 4.78 is 23.9. The van der Waals surface area contributed by atoms with Crippen LogP contribution in [0.5, 0.6) is 11.5 Å². The summed E-state index contributed by atoms with van der Waals surface area (Å²) in [5, 5.41) is 0. The van der Waals surface area contributed by atoms with Gasteiger partial charge in [-0.25, -0.2) is 4.39 Å². The van der Waals surface area contributed by atoms with E-state index < -0.39 is 5.82 Å². The van der Waals surface area contributed by atoms with Gasteiger partial charge in [0.2, 0.25) is 0 Å². The van der Waals surface area contributed by atoms with Crippen molar-refractivity contribution in [3.8, 4) is 11.5 Å². The molecule has 0 atom stereocenters. The van der Waals surface area contributed by atoms with Crippen molar-refractivity contribution in [2.24, 2.45) is 0 Å². The topological polar surface area (TPSA) is 21.7 Å². The zero-order chi connectivity index (χ0) is 12.4. The Labute approximate surface area is 100 Å². The minimum Gasteiger partial charge on any atom is -0.493 e. The molecule has 0 spiro atoms. The summed E-state index contributed by atoms with van der Waals surface area (Å²) in [6.07, 6.45) is 2.95. The Morgan fingerprint density at radius 3 is 2.53 bits per heavy atom. The van der Waals surface area contributed by atoms with Crippen LogP contribution in [0.25, 0.3) is 5.57 Å². The maximum absolute atomic E-state index is 13.8. The summed E-state index contributed by atoms with van der Waals surface area (Å²) in [6.45, 7) is 0.964. The van der Waals surface area contributed by atoms with Gasteiger partial charge in [0.1, 0.15) is 0 Å². The van der Waals surface area contributed by atoms with Gasteiger partial charge in [0.15, 0.2) is 17.3 Å². The van der Waals surface area contributed by atoms with E-state index in [1.54, 1.807) is 0 Å². The Hall–Kier alpha value is -1.71. The molecule has 1 aliphatic rings. The highest BCUT2D eigenvalue weighted by molar-refractivity contribution is 5.69. The molecule has 3 nitrogen and oxygen atoms in total. The Kier molecular flexibility index (Phi) is 3.22. The molecule has 2 rings (SSSR count). The van der Waals surface area contributed by atoms with Gasteiger partial charge < -0.3 is 14.4 Å². The van der Waals surface area contributed by atoms with Crippen molar-refractivity contribution in [1.82, 2.24) is 4.90 Å². The van der Waals surface area contributed by atoms with E-state index in [-0.39, 0.29) is 5.75 Å². The van der Waals surface area contributed by atoms with E-state index in [0.717, 1.165) is 24.1 Å². The predicted octanol–water partition coefficient (Wildman–Crippen LogP) is 2.52. The van der Waals surface area contributed by atoms with Crippen LogP contribution in [0.4, 0.5) is 4.39 Å². The summed E-state index contributed by atoms with van der Waals surface area (Å²) in [5.41, 5.74) is 1.97. The smallest absolute Gasteiger partial charge is 0.196 e. The van der Waals surface area contributed by atoms with E-state index in [9.17, 15) is 4.39 Å². The van der Waals surface area contributed by atoms with Crippen LogP contribution in [0, 0.1) is 5.82 Å². The molecule has 0 radical (unpaired) electrons. The Balaban J connectivity index is 2.43. The fraction of sp³-hybridized carbons (Fsp3) is 0.385. The van der Waals surface area contributed by atoms with Gasteiger partial charge in [0, 0.05) is 19.8 Å². The number of methoxy groups -OCH3 is 2. The molecule has 1 aliphatic heterocycles. The Morgan fingerprint density at radius 1 is 1.24 bits per heavy atom. The van der Waals surface area contributed by atoms with Crippen LogP contribution in [-0.2, 0) is 0 Å².